The summed E-state index contributed by atoms with van der Waals surface area (Å²) in [6.45, 7) is 1.27. The zero-order valence-corrected chi connectivity index (χ0v) is 11.3. The highest BCUT2D eigenvalue weighted by atomic mass is 127. The molecule has 1 aliphatic rings. The number of hydrogen-bond acceptors (Lipinski definition) is 3. The van der Waals surface area contributed by atoms with E-state index in [1.165, 1.54) is 0 Å². The molecule has 0 unspecified atom stereocenters. The highest BCUT2D eigenvalue weighted by Crippen LogP contribution is 2.38. The van der Waals surface area contributed by atoms with Gasteiger partial charge in [-0.2, -0.15) is 0 Å². The van der Waals surface area contributed by atoms with Gasteiger partial charge in [0.15, 0.2) is 5.78 Å². The van der Waals surface area contributed by atoms with Crippen molar-refractivity contribution in [3.05, 3.63) is 49.1 Å². The van der Waals surface area contributed by atoms with E-state index in [0.717, 1.165) is 11.1 Å². The van der Waals surface area contributed by atoms with Crippen LogP contribution in [-0.4, -0.2) is 17.3 Å². The fourth-order valence-electron chi connectivity index (χ4n) is 2.13. The Kier molecular flexibility index (Phi) is 3.03. The Balaban J connectivity index is 2.63. The van der Waals surface area contributed by atoms with Crippen molar-refractivity contribution < 1.29 is 9.72 Å². The van der Waals surface area contributed by atoms with E-state index in [2.05, 4.69) is 0 Å². The smallest absolute Gasteiger partial charge is 0.220 e. The zero-order chi connectivity index (χ0) is 12.6. The summed E-state index contributed by atoms with van der Waals surface area (Å²) in [6.07, 6.45) is 1.78. The van der Waals surface area contributed by atoms with Crippen LogP contribution < -0.4 is 0 Å². The summed E-state index contributed by atoms with van der Waals surface area (Å²) in [5.74, 6) is -0.173. The van der Waals surface area contributed by atoms with Gasteiger partial charge in [0.2, 0.25) is 6.54 Å². The van der Waals surface area contributed by atoms with Gasteiger partial charge in [-0.3, -0.25) is 14.9 Å². The molecule has 0 bridgehead atoms. The number of rotatable bonds is 2. The molecule has 0 spiro atoms. The van der Waals surface area contributed by atoms with Crippen LogP contribution in [0.4, 0.5) is 0 Å². The molecule has 0 N–H and O–H groups in total. The maximum atomic E-state index is 12.2. The lowest BCUT2D eigenvalue weighted by Gasteiger charge is -2.29. The topological polar surface area (TPSA) is 60.2 Å². The Morgan fingerprint density at radius 2 is 2.06 bits per heavy atom. The van der Waals surface area contributed by atoms with Crippen molar-refractivity contribution >= 4 is 34.5 Å². The number of ketones is 1. The highest BCUT2D eigenvalue weighted by Gasteiger charge is 2.44. The molecule has 5 heteroatoms. The van der Waals surface area contributed by atoms with E-state index in [9.17, 15) is 14.9 Å². The van der Waals surface area contributed by atoms with Crippen molar-refractivity contribution in [3.8, 4) is 0 Å². The van der Waals surface area contributed by atoms with Crippen molar-refractivity contribution in [1.82, 2.24) is 0 Å². The van der Waals surface area contributed by atoms with Crippen molar-refractivity contribution in [2.75, 3.05) is 6.54 Å². The molecule has 1 aromatic carbocycles. The number of nitrogens with zero attached hydrogens (tertiary/aromatic N) is 1. The van der Waals surface area contributed by atoms with Crippen LogP contribution in [0.25, 0.3) is 6.08 Å². The van der Waals surface area contributed by atoms with Crippen LogP contribution in [0.1, 0.15) is 18.1 Å². The summed E-state index contributed by atoms with van der Waals surface area (Å²) in [5.41, 5.74) is 0.578. The molecule has 0 fully saturated rings. The Hall–Kier alpha value is -1.24. The molecule has 1 aliphatic carbocycles. The van der Waals surface area contributed by atoms with Gasteiger partial charge in [0.25, 0.3) is 0 Å². The molecule has 4 nitrogen and oxygen atoms in total. The first-order valence-electron chi connectivity index (χ1n) is 5.08. The van der Waals surface area contributed by atoms with E-state index >= 15 is 0 Å². The van der Waals surface area contributed by atoms with E-state index in [-0.39, 0.29) is 12.3 Å². The van der Waals surface area contributed by atoms with Crippen molar-refractivity contribution in [1.29, 1.82) is 0 Å². The second-order valence-corrected chi connectivity index (χ2v) is 5.39. The first kappa shape index (κ1) is 12.2. The summed E-state index contributed by atoms with van der Waals surface area (Å²) in [7, 11) is 0. The standard InChI is InChI=1S/C12H10INO3/c1-12(7-14(16)17)9-5-3-2-4-8(9)6-10(13)11(12)15/h2-6H,7H2,1H3/t12-/m1/s1. The molecule has 0 heterocycles. The van der Waals surface area contributed by atoms with Gasteiger partial charge in [-0.05, 0) is 46.7 Å². The maximum Gasteiger partial charge on any atom is 0.220 e. The van der Waals surface area contributed by atoms with Gasteiger partial charge in [-0.25, -0.2) is 0 Å². The Labute approximate surface area is 112 Å². The predicted octanol–water partition coefficient (Wildman–Crippen LogP) is 2.58. The number of fused-ring (bicyclic) bond motifs is 1. The fourth-order valence-corrected chi connectivity index (χ4v) is 3.06. The third-order valence-electron chi connectivity index (χ3n) is 3.00. The Morgan fingerprint density at radius 1 is 1.41 bits per heavy atom. The lowest BCUT2D eigenvalue weighted by atomic mass is 9.73. The number of allylic oxidation sites excluding steroid dienone is 1. The third kappa shape index (κ3) is 1.99. The Morgan fingerprint density at radius 3 is 2.71 bits per heavy atom. The normalized spacial score (nSPS) is 22.9. The summed E-state index contributed by atoms with van der Waals surface area (Å²) >= 11 is 1.94. The average Bonchev–Trinajstić information content (AvgIpc) is 2.26. The van der Waals surface area contributed by atoms with Crippen LogP contribution in [-0.2, 0) is 10.2 Å². The van der Waals surface area contributed by atoms with Crippen molar-refractivity contribution in [2.45, 2.75) is 12.3 Å². The number of carbonyl (C=O) groups excluding carboxylic acids is 1. The van der Waals surface area contributed by atoms with Gasteiger partial charge in [0.1, 0.15) is 5.41 Å². The summed E-state index contributed by atoms with van der Waals surface area (Å²) < 4.78 is 0.547. The van der Waals surface area contributed by atoms with Gasteiger partial charge in [-0.1, -0.05) is 24.3 Å². The molecule has 0 amide bonds. The minimum Gasteiger partial charge on any atom is -0.292 e. The number of nitro groups is 1. The van der Waals surface area contributed by atoms with Gasteiger partial charge in [0, 0.05) is 4.92 Å². The summed E-state index contributed by atoms with van der Waals surface area (Å²) in [4.78, 5) is 22.5. The number of carbonyl (C=O) groups is 1. The van der Waals surface area contributed by atoms with Crippen LogP contribution >= 0.6 is 22.6 Å². The molecule has 0 saturated heterocycles. The first-order valence-corrected chi connectivity index (χ1v) is 6.16. The van der Waals surface area contributed by atoms with E-state index in [1.54, 1.807) is 25.1 Å². The van der Waals surface area contributed by atoms with Crippen molar-refractivity contribution in [3.63, 3.8) is 0 Å². The van der Waals surface area contributed by atoms with Crippen molar-refractivity contribution in [2.24, 2.45) is 0 Å². The largest absolute Gasteiger partial charge is 0.292 e. The van der Waals surface area contributed by atoms with Crippen LogP contribution in [0, 0.1) is 10.1 Å². The highest BCUT2D eigenvalue weighted by molar-refractivity contribution is 14.1. The molecule has 0 aromatic heterocycles. The minimum absolute atomic E-state index is 0.173. The molecular weight excluding hydrogens is 333 g/mol. The predicted molar refractivity (Wildman–Crippen MR) is 72.7 cm³/mol. The summed E-state index contributed by atoms with van der Waals surface area (Å²) in [5, 5.41) is 10.8. The second kappa shape index (κ2) is 4.21. The van der Waals surface area contributed by atoms with Gasteiger partial charge in [-0.15, -0.1) is 0 Å². The molecule has 0 aliphatic heterocycles. The maximum absolute atomic E-state index is 12.2. The average molecular weight is 343 g/mol. The molecule has 1 aromatic rings. The van der Waals surface area contributed by atoms with E-state index < -0.39 is 10.3 Å². The van der Waals surface area contributed by atoms with E-state index in [1.807, 2.05) is 34.7 Å². The molecule has 0 saturated carbocycles. The molecular formula is C12H10INO3. The zero-order valence-electron chi connectivity index (χ0n) is 9.14. The molecule has 1 atom stereocenters. The SMILES string of the molecule is C[C@]1(C[N+](=O)[O-])C(=O)C(I)=Cc2ccccc21. The molecule has 17 heavy (non-hydrogen) atoms. The van der Waals surface area contributed by atoms with Gasteiger partial charge < -0.3 is 0 Å². The third-order valence-corrected chi connectivity index (χ3v) is 3.80. The van der Waals surface area contributed by atoms with Gasteiger partial charge in [0.05, 0.1) is 3.58 Å². The lowest BCUT2D eigenvalue weighted by Crippen LogP contribution is -2.41. The molecule has 88 valence electrons. The van der Waals surface area contributed by atoms with Crippen LogP contribution in [0.2, 0.25) is 0 Å². The number of Topliss-reactive ketones (excluding diaryl/α,β-unsaturated/α-hetero) is 1. The number of halogens is 1. The second-order valence-electron chi connectivity index (χ2n) is 4.23. The van der Waals surface area contributed by atoms with E-state index in [0.29, 0.717) is 3.58 Å². The number of benzene rings is 1. The summed E-state index contributed by atoms with van der Waals surface area (Å²) in [6, 6.07) is 7.33. The minimum atomic E-state index is -1.05. The number of hydrogen-bond donors (Lipinski definition) is 0. The quantitative estimate of drug-likeness (QED) is 0.471. The van der Waals surface area contributed by atoms with Crippen LogP contribution in [0.3, 0.4) is 0 Å². The van der Waals surface area contributed by atoms with Crippen LogP contribution in [0.15, 0.2) is 27.8 Å². The fraction of sp³-hybridized carbons (Fsp3) is 0.250. The lowest BCUT2D eigenvalue weighted by molar-refractivity contribution is -0.487. The Bertz CT molecular complexity index is 538. The first-order chi connectivity index (χ1) is 7.95. The molecule has 0 radical (unpaired) electrons. The van der Waals surface area contributed by atoms with E-state index in [4.69, 9.17) is 0 Å². The molecule has 2 rings (SSSR count). The monoisotopic (exact) mass is 343 g/mol. The van der Waals surface area contributed by atoms with Crippen LogP contribution in [0.5, 0.6) is 0 Å². The van der Waals surface area contributed by atoms with Gasteiger partial charge >= 0.3 is 0 Å².